The van der Waals surface area contributed by atoms with E-state index in [0.717, 1.165) is 19.3 Å². The lowest BCUT2D eigenvalue weighted by molar-refractivity contribution is -0.152. The van der Waals surface area contributed by atoms with Crippen molar-refractivity contribution in [3.05, 3.63) is 24.8 Å². The minimum atomic E-state index is -0.944. The number of carbonyl (C=O) groups excluding carboxylic acids is 1. The number of allylic oxidation sites excluding steroid dienone is 2. The van der Waals surface area contributed by atoms with Crippen LogP contribution in [-0.2, 0) is 14.3 Å². The molecule has 0 heterocycles. The third-order valence-corrected chi connectivity index (χ3v) is 6.91. The molecule has 36 heavy (non-hydrogen) atoms. The van der Waals surface area contributed by atoms with Crippen molar-refractivity contribution in [1.82, 2.24) is 0 Å². The van der Waals surface area contributed by atoms with Crippen LogP contribution >= 0.6 is 0 Å². The molecule has 4 nitrogen and oxygen atoms in total. The SMILES string of the molecule is C=CCOC(=O)C(CCCCCCCCCCC/C=C/CCCCCCCCCCCC)CC(=O)O. The molecule has 0 radical (unpaired) electrons. The van der Waals surface area contributed by atoms with Crippen molar-refractivity contribution in [1.29, 1.82) is 0 Å². The van der Waals surface area contributed by atoms with Crippen LogP contribution < -0.4 is 0 Å². The molecule has 0 amide bonds. The number of carbonyl (C=O) groups is 2. The van der Waals surface area contributed by atoms with Crippen molar-refractivity contribution in [2.75, 3.05) is 6.61 Å². The molecule has 0 saturated heterocycles. The van der Waals surface area contributed by atoms with Gasteiger partial charge in [-0.25, -0.2) is 0 Å². The molecule has 0 aromatic heterocycles. The predicted octanol–water partition coefficient (Wildman–Crippen LogP) is 9.96. The fraction of sp³-hybridized carbons (Fsp3) is 0.812. The van der Waals surface area contributed by atoms with Gasteiger partial charge in [0.15, 0.2) is 0 Å². The maximum Gasteiger partial charge on any atom is 0.309 e. The molecule has 0 fully saturated rings. The van der Waals surface area contributed by atoms with Gasteiger partial charge in [0.2, 0.25) is 0 Å². The Labute approximate surface area is 223 Å². The van der Waals surface area contributed by atoms with Crippen molar-refractivity contribution < 1.29 is 19.4 Å². The monoisotopic (exact) mass is 506 g/mol. The molecule has 0 aromatic rings. The van der Waals surface area contributed by atoms with Gasteiger partial charge in [0, 0.05) is 0 Å². The summed E-state index contributed by atoms with van der Waals surface area (Å²) in [5.74, 6) is -1.89. The Kier molecular flexibility index (Phi) is 26.8. The van der Waals surface area contributed by atoms with Crippen molar-refractivity contribution in [3.63, 3.8) is 0 Å². The number of esters is 1. The van der Waals surface area contributed by atoms with E-state index in [1.54, 1.807) is 0 Å². The summed E-state index contributed by atoms with van der Waals surface area (Å²) in [5.41, 5.74) is 0. The lowest BCUT2D eigenvalue weighted by Gasteiger charge is -2.13. The lowest BCUT2D eigenvalue weighted by atomic mass is 9.97. The molecular formula is C32H58O4. The fourth-order valence-corrected chi connectivity index (χ4v) is 4.65. The van der Waals surface area contributed by atoms with Gasteiger partial charge >= 0.3 is 11.9 Å². The van der Waals surface area contributed by atoms with Crippen LogP contribution in [0, 0.1) is 5.92 Å². The average Bonchev–Trinajstić information content (AvgIpc) is 2.86. The standard InChI is InChI=1S/C32H58O4/c1-3-5-6-7-8-9-10-11-12-13-14-15-16-17-18-19-20-21-22-23-24-25-26-27-30(29-31(33)34)32(35)36-28-4-2/h4,15-16,30H,2-3,5-14,17-29H2,1H3,(H,33,34)/b16-15+. The molecule has 0 spiro atoms. The Hall–Kier alpha value is -1.58. The molecule has 1 N–H and O–H groups in total. The Morgan fingerprint density at radius 2 is 1.11 bits per heavy atom. The van der Waals surface area contributed by atoms with Crippen LogP contribution in [0.15, 0.2) is 24.8 Å². The average molecular weight is 507 g/mol. The zero-order chi connectivity index (χ0) is 26.5. The van der Waals surface area contributed by atoms with Crippen LogP contribution in [0.5, 0.6) is 0 Å². The number of hydrogen-bond acceptors (Lipinski definition) is 3. The van der Waals surface area contributed by atoms with Gasteiger partial charge in [-0.05, 0) is 32.1 Å². The van der Waals surface area contributed by atoms with E-state index in [2.05, 4.69) is 25.7 Å². The van der Waals surface area contributed by atoms with Crippen molar-refractivity contribution >= 4 is 11.9 Å². The normalized spacial score (nSPS) is 12.1. The topological polar surface area (TPSA) is 63.6 Å². The Bertz CT molecular complexity index is 540. The van der Waals surface area contributed by atoms with Gasteiger partial charge in [-0.2, -0.15) is 0 Å². The zero-order valence-corrected chi connectivity index (χ0v) is 23.7. The third kappa shape index (κ3) is 25.5. The molecule has 0 aliphatic carbocycles. The molecule has 4 heteroatoms. The molecule has 0 aliphatic rings. The van der Waals surface area contributed by atoms with E-state index in [0.29, 0.717) is 6.42 Å². The highest BCUT2D eigenvalue weighted by atomic mass is 16.5. The molecule has 0 saturated carbocycles. The van der Waals surface area contributed by atoms with Crippen molar-refractivity contribution in [2.45, 2.75) is 155 Å². The van der Waals surface area contributed by atoms with Crippen LogP contribution in [0.1, 0.15) is 155 Å². The summed E-state index contributed by atoms with van der Waals surface area (Å²) in [6.45, 7) is 5.94. The summed E-state index contributed by atoms with van der Waals surface area (Å²) in [6.07, 6.45) is 34.1. The first-order valence-electron chi connectivity index (χ1n) is 15.3. The highest BCUT2D eigenvalue weighted by molar-refractivity contribution is 5.79. The number of aliphatic carboxylic acids is 1. The molecule has 0 bridgehead atoms. The molecule has 1 unspecified atom stereocenters. The van der Waals surface area contributed by atoms with Crippen LogP contribution in [0.3, 0.4) is 0 Å². The van der Waals surface area contributed by atoms with E-state index < -0.39 is 17.9 Å². The van der Waals surface area contributed by atoms with Gasteiger partial charge in [0.25, 0.3) is 0 Å². The van der Waals surface area contributed by atoms with Crippen molar-refractivity contribution in [2.24, 2.45) is 5.92 Å². The Morgan fingerprint density at radius 1 is 0.694 bits per heavy atom. The summed E-state index contributed by atoms with van der Waals surface area (Å²) in [4.78, 5) is 22.9. The molecule has 0 aromatic carbocycles. The second kappa shape index (κ2) is 28.0. The van der Waals surface area contributed by atoms with Gasteiger partial charge in [-0.1, -0.05) is 141 Å². The summed E-state index contributed by atoms with van der Waals surface area (Å²) in [5, 5.41) is 9.01. The number of ether oxygens (including phenoxy) is 1. The van der Waals surface area contributed by atoms with Crippen molar-refractivity contribution in [3.8, 4) is 0 Å². The summed E-state index contributed by atoms with van der Waals surface area (Å²) < 4.78 is 5.03. The first-order valence-corrected chi connectivity index (χ1v) is 15.3. The molecule has 1 atom stereocenters. The van der Waals surface area contributed by atoms with E-state index in [1.807, 2.05) is 0 Å². The van der Waals surface area contributed by atoms with Gasteiger partial charge < -0.3 is 9.84 Å². The van der Waals surface area contributed by atoms with Gasteiger partial charge in [-0.3, -0.25) is 9.59 Å². The quantitative estimate of drug-likeness (QED) is 0.0651. The number of carboxylic acid groups (broad SMARTS) is 1. The summed E-state index contributed by atoms with van der Waals surface area (Å²) in [7, 11) is 0. The van der Waals surface area contributed by atoms with Crippen LogP contribution in [0.2, 0.25) is 0 Å². The smallest absolute Gasteiger partial charge is 0.309 e. The predicted molar refractivity (Wildman–Crippen MR) is 153 cm³/mol. The number of rotatable bonds is 28. The minimum Gasteiger partial charge on any atom is -0.481 e. The van der Waals surface area contributed by atoms with E-state index in [1.165, 1.54) is 122 Å². The second-order valence-electron chi connectivity index (χ2n) is 10.4. The fourth-order valence-electron chi connectivity index (χ4n) is 4.65. The Balaban J connectivity index is 3.41. The van der Waals surface area contributed by atoms with Crippen LogP contribution in [0.25, 0.3) is 0 Å². The first-order chi connectivity index (χ1) is 17.6. The van der Waals surface area contributed by atoms with Gasteiger partial charge in [-0.15, -0.1) is 0 Å². The maximum absolute atomic E-state index is 12.0. The third-order valence-electron chi connectivity index (χ3n) is 6.91. The van der Waals surface area contributed by atoms with Crippen LogP contribution in [-0.4, -0.2) is 23.7 Å². The molecule has 0 rings (SSSR count). The lowest BCUT2D eigenvalue weighted by Crippen LogP contribution is -2.21. The van der Waals surface area contributed by atoms with Crippen LogP contribution in [0.4, 0.5) is 0 Å². The van der Waals surface area contributed by atoms with E-state index in [9.17, 15) is 9.59 Å². The number of unbranched alkanes of at least 4 members (excludes halogenated alkanes) is 19. The second-order valence-corrected chi connectivity index (χ2v) is 10.4. The first kappa shape index (κ1) is 34.4. The Morgan fingerprint density at radius 3 is 1.53 bits per heavy atom. The zero-order valence-electron chi connectivity index (χ0n) is 23.7. The van der Waals surface area contributed by atoms with E-state index in [4.69, 9.17) is 9.84 Å². The summed E-state index contributed by atoms with van der Waals surface area (Å²) in [6, 6.07) is 0. The largest absolute Gasteiger partial charge is 0.481 e. The van der Waals surface area contributed by atoms with E-state index >= 15 is 0 Å². The van der Waals surface area contributed by atoms with Gasteiger partial charge in [0.05, 0.1) is 12.3 Å². The number of hydrogen-bond donors (Lipinski definition) is 1. The molecular weight excluding hydrogens is 448 g/mol. The minimum absolute atomic E-state index is 0.143. The molecule has 210 valence electrons. The van der Waals surface area contributed by atoms with E-state index in [-0.39, 0.29) is 13.0 Å². The maximum atomic E-state index is 12.0. The highest BCUT2D eigenvalue weighted by Crippen LogP contribution is 2.18. The highest BCUT2D eigenvalue weighted by Gasteiger charge is 2.22. The summed E-state index contributed by atoms with van der Waals surface area (Å²) >= 11 is 0. The number of carboxylic acids is 1. The molecule has 0 aliphatic heterocycles. The van der Waals surface area contributed by atoms with Gasteiger partial charge in [0.1, 0.15) is 6.61 Å².